The molecule has 0 unspecified atom stereocenters. The second kappa shape index (κ2) is 4.03. The highest BCUT2D eigenvalue weighted by atomic mass is 32.1. The molecule has 17 heavy (non-hydrogen) atoms. The Morgan fingerprint density at radius 1 is 1.24 bits per heavy atom. The maximum Gasteiger partial charge on any atom is 0.289 e. The van der Waals surface area contributed by atoms with Crippen LogP contribution in [0.2, 0.25) is 0 Å². The van der Waals surface area contributed by atoms with Gasteiger partial charge in [0.15, 0.2) is 0 Å². The van der Waals surface area contributed by atoms with Crippen LogP contribution in [0.15, 0.2) is 57.0 Å². The third-order valence-electron chi connectivity index (χ3n) is 2.31. The molecule has 0 atom stereocenters. The topological polar surface area (TPSA) is 47.5 Å². The van der Waals surface area contributed by atoms with Gasteiger partial charge in [0.1, 0.15) is 5.76 Å². The molecule has 0 spiro atoms. The average molecular weight is 244 g/mol. The van der Waals surface area contributed by atoms with Crippen molar-refractivity contribution >= 4 is 27.8 Å². The molecule has 0 aliphatic carbocycles. The van der Waals surface area contributed by atoms with Crippen molar-refractivity contribution in [1.29, 1.82) is 0 Å². The second-order valence-corrected chi connectivity index (χ2v) is 4.39. The Morgan fingerprint density at radius 2 is 2.12 bits per heavy atom. The Hall–Kier alpha value is -2.14. The summed E-state index contributed by atoms with van der Waals surface area (Å²) >= 11 is 1.31. The third-order valence-corrected chi connectivity index (χ3v) is 3.29. The van der Waals surface area contributed by atoms with Gasteiger partial charge in [-0.2, -0.15) is 5.10 Å². The molecular formula is C12H8N2O2S. The number of nitrogens with zero attached hydrogens (tertiary/aromatic N) is 2. The zero-order chi connectivity index (χ0) is 11.7. The van der Waals surface area contributed by atoms with Crippen LogP contribution in [-0.2, 0) is 0 Å². The van der Waals surface area contributed by atoms with Crippen LogP contribution < -0.4 is 5.56 Å². The summed E-state index contributed by atoms with van der Waals surface area (Å²) in [5, 5.41) is 4.78. The molecule has 2 aromatic heterocycles. The lowest BCUT2D eigenvalue weighted by Gasteiger charge is -1.86. The molecule has 0 radical (unpaired) electrons. The standard InChI is InChI=1S/C12H8N2O2S/c15-12-10-5-1-2-6-11(10)17-14(12)13-8-9-4-3-7-16-9/h1-8H/b13-8+. The van der Waals surface area contributed by atoms with Crippen LogP contribution >= 0.6 is 11.5 Å². The molecular weight excluding hydrogens is 236 g/mol. The number of fused-ring (bicyclic) bond motifs is 1. The lowest BCUT2D eigenvalue weighted by Crippen LogP contribution is -2.08. The van der Waals surface area contributed by atoms with Crippen molar-refractivity contribution in [2.75, 3.05) is 0 Å². The van der Waals surface area contributed by atoms with Gasteiger partial charge in [0.25, 0.3) is 5.56 Å². The summed E-state index contributed by atoms with van der Waals surface area (Å²) < 4.78 is 7.39. The fraction of sp³-hybridized carbons (Fsp3) is 0. The molecule has 0 amide bonds. The van der Waals surface area contributed by atoms with E-state index < -0.39 is 0 Å². The highest BCUT2D eigenvalue weighted by Crippen LogP contribution is 2.15. The Morgan fingerprint density at radius 3 is 2.88 bits per heavy atom. The maximum absolute atomic E-state index is 11.9. The average Bonchev–Trinajstić information content (AvgIpc) is 2.96. The van der Waals surface area contributed by atoms with E-state index in [1.54, 1.807) is 24.5 Å². The monoisotopic (exact) mass is 244 g/mol. The summed E-state index contributed by atoms with van der Waals surface area (Å²) in [6.45, 7) is 0. The fourth-order valence-corrected chi connectivity index (χ4v) is 2.37. The van der Waals surface area contributed by atoms with Crippen LogP contribution in [0.1, 0.15) is 5.76 Å². The van der Waals surface area contributed by atoms with Crippen molar-refractivity contribution in [3.8, 4) is 0 Å². The predicted molar refractivity (Wildman–Crippen MR) is 67.8 cm³/mol. The highest BCUT2D eigenvalue weighted by molar-refractivity contribution is 7.13. The summed E-state index contributed by atoms with van der Waals surface area (Å²) in [6, 6.07) is 11.0. The predicted octanol–water partition coefficient (Wildman–Crippen LogP) is 2.54. The molecule has 2 heterocycles. The molecule has 0 N–H and O–H groups in total. The first-order valence-electron chi connectivity index (χ1n) is 5.03. The Balaban J connectivity index is 2.07. The van der Waals surface area contributed by atoms with E-state index in [9.17, 15) is 4.79 Å². The Labute approximate surface area is 101 Å². The second-order valence-electron chi connectivity index (χ2n) is 3.43. The van der Waals surface area contributed by atoms with Crippen LogP contribution in [0.25, 0.3) is 10.1 Å². The van der Waals surface area contributed by atoms with E-state index in [0.717, 1.165) is 4.70 Å². The smallest absolute Gasteiger partial charge is 0.289 e. The van der Waals surface area contributed by atoms with Gasteiger partial charge in [-0.1, -0.05) is 12.1 Å². The van der Waals surface area contributed by atoms with E-state index in [2.05, 4.69) is 5.10 Å². The van der Waals surface area contributed by atoms with Crippen LogP contribution in [0.4, 0.5) is 0 Å². The number of hydrogen-bond acceptors (Lipinski definition) is 4. The van der Waals surface area contributed by atoms with Crippen LogP contribution in [0, 0.1) is 0 Å². The number of rotatable bonds is 2. The molecule has 84 valence electrons. The third kappa shape index (κ3) is 1.81. The fourth-order valence-electron chi connectivity index (χ4n) is 1.51. The van der Waals surface area contributed by atoms with Gasteiger partial charge in [-0.25, -0.2) is 0 Å². The summed E-state index contributed by atoms with van der Waals surface area (Å²) in [7, 11) is 0. The molecule has 0 bridgehead atoms. The molecule has 0 saturated heterocycles. The summed E-state index contributed by atoms with van der Waals surface area (Å²) in [5.41, 5.74) is -0.103. The minimum atomic E-state index is -0.103. The molecule has 0 aliphatic heterocycles. The van der Waals surface area contributed by atoms with Gasteiger partial charge in [0, 0.05) is 0 Å². The van der Waals surface area contributed by atoms with E-state index in [1.165, 1.54) is 21.8 Å². The van der Waals surface area contributed by atoms with Crippen LogP contribution in [0.5, 0.6) is 0 Å². The molecule has 5 heteroatoms. The summed E-state index contributed by atoms with van der Waals surface area (Å²) in [4.78, 5) is 11.9. The maximum atomic E-state index is 11.9. The van der Waals surface area contributed by atoms with Gasteiger partial charge in [-0.05, 0) is 35.8 Å². The molecule has 0 saturated carbocycles. The van der Waals surface area contributed by atoms with Crippen molar-refractivity contribution in [3.05, 3.63) is 58.8 Å². The minimum absolute atomic E-state index is 0.103. The molecule has 1 aromatic carbocycles. The largest absolute Gasteiger partial charge is 0.463 e. The highest BCUT2D eigenvalue weighted by Gasteiger charge is 2.04. The van der Waals surface area contributed by atoms with E-state index in [-0.39, 0.29) is 5.56 Å². The van der Waals surface area contributed by atoms with Gasteiger partial charge in [-0.15, -0.1) is 4.07 Å². The summed E-state index contributed by atoms with van der Waals surface area (Å²) in [5.74, 6) is 0.620. The normalized spacial score (nSPS) is 11.5. The lowest BCUT2D eigenvalue weighted by molar-refractivity contribution is 0.559. The van der Waals surface area contributed by atoms with Gasteiger partial charge < -0.3 is 4.42 Å². The number of furan rings is 1. The first kappa shape index (κ1) is 10.0. The van der Waals surface area contributed by atoms with Crippen molar-refractivity contribution in [2.24, 2.45) is 5.10 Å². The Kier molecular flexibility index (Phi) is 2.38. The van der Waals surface area contributed by atoms with Gasteiger partial charge in [0.05, 0.1) is 22.6 Å². The van der Waals surface area contributed by atoms with Crippen LogP contribution in [0.3, 0.4) is 0 Å². The van der Waals surface area contributed by atoms with E-state index in [1.807, 2.05) is 18.2 Å². The molecule has 0 fully saturated rings. The summed E-state index contributed by atoms with van der Waals surface area (Å²) in [6.07, 6.45) is 3.09. The van der Waals surface area contributed by atoms with E-state index in [4.69, 9.17) is 4.42 Å². The first-order chi connectivity index (χ1) is 8.34. The molecule has 0 aliphatic rings. The first-order valence-corrected chi connectivity index (χ1v) is 5.81. The van der Waals surface area contributed by atoms with Crippen molar-refractivity contribution in [3.63, 3.8) is 0 Å². The van der Waals surface area contributed by atoms with E-state index >= 15 is 0 Å². The zero-order valence-corrected chi connectivity index (χ0v) is 9.55. The van der Waals surface area contributed by atoms with Gasteiger partial charge in [0.2, 0.25) is 0 Å². The lowest BCUT2D eigenvalue weighted by atomic mass is 10.3. The van der Waals surface area contributed by atoms with E-state index in [0.29, 0.717) is 11.1 Å². The Bertz CT molecular complexity index is 722. The SMILES string of the molecule is O=c1c2ccccc2sn1/N=C/c1ccco1. The minimum Gasteiger partial charge on any atom is -0.463 e. The van der Waals surface area contributed by atoms with Crippen LogP contribution in [-0.4, -0.2) is 10.3 Å². The molecule has 4 nitrogen and oxygen atoms in total. The van der Waals surface area contributed by atoms with Gasteiger partial charge >= 0.3 is 0 Å². The molecule has 3 rings (SSSR count). The quantitative estimate of drug-likeness (QED) is 0.650. The molecule has 3 aromatic rings. The number of hydrogen-bond donors (Lipinski definition) is 0. The van der Waals surface area contributed by atoms with Crippen molar-refractivity contribution in [2.45, 2.75) is 0 Å². The number of benzene rings is 1. The number of aromatic nitrogens is 1. The zero-order valence-electron chi connectivity index (χ0n) is 8.74. The van der Waals surface area contributed by atoms with Crippen molar-refractivity contribution in [1.82, 2.24) is 4.07 Å². The van der Waals surface area contributed by atoms with Crippen molar-refractivity contribution < 1.29 is 4.42 Å². The van der Waals surface area contributed by atoms with Gasteiger partial charge in [-0.3, -0.25) is 4.79 Å².